The topological polar surface area (TPSA) is 75.0 Å². The lowest BCUT2D eigenvalue weighted by Crippen LogP contribution is -2.05. The van der Waals surface area contributed by atoms with E-state index in [0.717, 1.165) is 22.2 Å². The molecule has 0 radical (unpaired) electrons. The largest absolute Gasteiger partial charge is 0.467 e. The summed E-state index contributed by atoms with van der Waals surface area (Å²) in [5, 5.41) is 19.4. The van der Waals surface area contributed by atoms with Crippen molar-refractivity contribution in [2.45, 2.75) is 24.1 Å². The Balaban J connectivity index is 1.80. The van der Waals surface area contributed by atoms with Crippen molar-refractivity contribution >= 4 is 11.8 Å². The number of hydrogen-bond donors (Lipinski definition) is 1. The van der Waals surface area contributed by atoms with Crippen LogP contribution >= 0.6 is 11.8 Å². The summed E-state index contributed by atoms with van der Waals surface area (Å²) in [6.07, 6.45) is 3.29. The molecule has 0 bridgehead atoms. The highest BCUT2D eigenvalue weighted by Crippen LogP contribution is 2.25. The van der Waals surface area contributed by atoms with E-state index in [1.165, 1.54) is 11.8 Å². The highest BCUT2D eigenvalue weighted by Gasteiger charge is 2.12. The predicted molar refractivity (Wildman–Crippen MR) is 86.7 cm³/mol. The Labute approximate surface area is 138 Å². The lowest BCUT2D eigenvalue weighted by Gasteiger charge is -2.09. The molecule has 23 heavy (non-hydrogen) atoms. The molecule has 2 aromatic heterocycles. The van der Waals surface area contributed by atoms with E-state index < -0.39 is 0 Å². The van der Waals surface area contributed by atoms with Crippen LogP contribution in [0.1, 0.15) is 22.6 Å². The van der Waals surface area contributed by atoms with E-state index in [1.807, 2.05) is 41.0 Å². The molecule has 3 aromatic rings. The second-order valence-corrected chi connectivity index (χ2v) is 5.86. The summed E-state index contributed by atoms with van der Waals surface area (Å²) in [7, 11) is 0. The number of benzene rings is 1. The smallest absolute Gasteiger partial charge is 0.168 e. The van der Waals surface area contributed by atoms with Crippen molar-refractivity contribution in [3.8, 4) is 6.07 Å². The Kier molecular flexibility index (Phi) is 4.81. The van der Waals surface area contributed by atoms with Gasteiger partial charge in [0.1, 0.15) is 5.76 Å². The minimum Gasteiger partial charge on any atom is -0.467 e. The number of aliphatic hydroxyl groups excluding tert-OH is 1. The zero-order valence-corrected chi connectivity index (χ0v) is 13.2. The van der Waals surface area contributed by atoms with Crippen LogP contribution < -0.4 is 0 Å². The summed E-state index contributed by atoms with van der Waals surface area (Å²) < 4.78 is 7.31. The lowest BCUT2D eigenvalue weighted by molar-refractivity contribution is 0.269. The Bertz CT molecular complexity index is 819. The van der Waals surface area contributed by atoms with Crippen molar-refractivity contribution < 1.29 is 9.52 Å². The second kappa shape index (κ2) is 7.18. The van der Waals surface area contributed by atoms with Crippen LogP contribution in [0, 0.1) is 11.3 Å². The standard InChI is InChI=1S/C17H15N3O2S/c18-8-13-4-1-2-5-14(13)12-23-17-19-9-15(11-21)20(17)10-16-6-3-7-22-16/h1-7,9,21H,10-12H2. The number of nitrogens with zero attached hydrogens (tertiary/aromatic N) is 3. The van der Waals surface area contributed by atoms with Crippen molar-refractivity contribution in [2.75, 3.05) is 0 Å². The number of imidazole rings is 1. The van der Waals surface area contributed by atoms with E-state index in [9.17, 15) is 5.11 Å². The van der Waals surface area contributed by atoms with E-state index in [1.54, 1.807) is 12.5 Å². The number of aliphatic hydroxyl groups is 1. The van der Waals surface area contributed by atoms with Crippen molar-refractivity contribution in [1.29, 1.82) is 5.26 Å². The zero-order chi connectivity index (χ0) is 16.1. The molecule has 116 valence electrons. The number of furan rings is 1. The molecule has 0 aliphatic carbocycles. The second-order valence-electron chi connectivity index (χ2n) is 4.91. The summed E-state index contributed by atoms with van der Waals surface area (Å²) >= 11 is 1.54. The van der Waals surface area contributed by atoms with Gasteiger partial charge in [-0.2, -0.15) is 5.26 Å². The molecule has 2 heterocycles. The average Bonchev–Trinajstić information content (AvgIpc) is 3.23. The predicted octanol–water partition coefficient (Wildman–Crippen LogP) is 3.18. The van der Waals surface area contributed by atoms with E-state index in [2.05, 4.69) is 11.1 Å². The molecule has 0 atom stereocenters. The van der Waals surface area contributed by atoms with Crippen LogP contribution in [-0.4, -0.2) is 14.7 Å². The van der Waals surface area contributed by atoms with Crippen molar-refractivity contribution in [1.82, 2.24) is 9.55 Å². The van der Waals surface area contributed by atoms with Crippen LogP contribution in [0.15, 0.2) is 58.4 Å². The first-order valence-corrected chi connectivity index (χ1v) is 8.09. The van der Waals surface area contributed by atoms with Gasteiger partial charge in [-0.05, 0) is 23.8 Å². The van der Waals surface area contributed by atoms with Crippen molar-refractivity contribution in [2.24, 2.45) is 0 Å². The average molecular weight is 325 g/mol. The molecular formula is C17H15N3O2S. The maximum absolute atomic E-state index is 9.48. The molecule has 3 rings (SSSR count). The first-order valence-electron chi connectivity index (χ1n) is 7.10. The Morgan fingerprint density at radius 2 is 2.13 bits per heavy atom. The molecule has 0 amide bonds. The van der Waals surface area contributed by atoms with Gasteiger partial charge in [-0.25, -0.2) is 4.98 Å². The Morgan fingerprint density at radius 3 is 2.87 bits per heavy atom. The molecule has 0 spiro atoms. The number of thioether (sulfide) groups is 1. The third-order valence-corrected chi connectivity index (χ3v) is 4.49. The van der Waals surface area contributed by atoms with Gasteiger partial charge in [0, 0.05) is 5.75 Å². The Hall–Kier alpha value is -2.49. The van der Waals surface area contributed by atoms with Gasteiger partial charge >= 0.3 is 0 Å². The zero-order valence-electron chi connectivity index (χ0n) is 12.3. The van der Waals surface area contributed by atoms with Gasteiger partial charge in [0.05, 0.1) is 42.9 Å². The van der Waals surface area contributed by atoms with Crippen LogP contribution in [0.2, 0.25) is 0 Å². The van der Waals surface area contributed by atoms with Gasteiger partial charge in [0.25, 0.3) is 0 Å². The first kappa shape index (κ1) is 15.4. The molecule has 5 nitrogen and oxygen atoms in total. The SMILES string of the molecule is N#Cc1ccccc1CSc1ncc(CO)n1Cc1ccco1. The Morgan fingerprint density at radius 1 is 1.26 bits per heavy atom. The maximum Gasteiger partial charge on any atom is 0.168 e. The highest BCUT2D eigenvalue weighted by molar-refractivity contribution is 7.98. The number of aromatic nitrogens is 2. The van der Waals surface area contributed by atoms with Crippen LogP contribution in [-0.2, 0) is 18.9 Å². The summed E-state index contributed by atoms with van der Waals surface area (Å²) in [5.74, 6) is 1.45. The quantitative estimate of drug-likeness (QED) is 0.705. The summed E-state index contributed by atoms with van der Waals surface area (Å²) in [6, 6.07) is 13.5. The van der Waals surface area contributed by atoms with Crippen molar-refractivity contribution in [3.63, 3.8) is 0 Å². The molecule has 6 heteroatoms. The fourth-order valence-electron chi connectivity index (χ4n) is 2.26. The first-order chi connectivity index (χ1) is 11.3. The van der Waals surface area contributed by atoms with Gasteiger partial charge in [-0.15, -0.1) is 0 Å². The summed E-state index contributed by atoms with van der Waals surface area (Å²) in [6.45, 7) is 0.439. The molecule has 0 unspecified atom stereocenters. The van der Waals surface area contributed by atoms with Gasteiger partial charge in [0.15, 0.2) is 5.16 Å². The van der Waals surface area contributed by atoms with Crippen LogP contribution in [0.4, 0.5) is 0 Å². The van der Waals surface area contributed by atoms with E-state index >= 15 is 0 Å². The molecule has 0 aliphatic rings. The van der Waals surface area contributed by atoms with Crippen LogP contribution in [0.25, 0.3) is 0 Å². The molecular weight excluding hydrogens is 310 g/mol. The van der Waals surface area contributed by atoms with Gasteiger partial charge in [-0.1, -0.05) is 30.0 Å². The normalized spacial score (nSPS) is 10.6. The molecule has 1 N–H and O–H groups in total. The number of rotatable bonds is 6. The maximum atomic E-state index is 9.48. The van der Waals surface area contributed by atoms with Gasteiger partial charge in [-0.3, -0.25) is 0 Å². The minimum atomic E-state index is -0.0803. The third-order valence-electron chi connectivity index (χ3n) is 3.45. The minimum absolute atomic E-state index is 0.0803. The molecule has 0 fully saturated rings. The lowest BCUT2D eigenvalue weighted by atomic mass is 10.1. The van der Waals surface area contributed by atoms with Gasteiger partial charge < -0.3 is 14.1 Å². The molecule has 1 aromatic carbocycles. The highest BCUT2D eigenvalue weighted by atomic mass is 32.2. The third kappa shape index (κ3) is 3.47. The summed E-state index contributed by atoms with van der Waals surface area (Å²) in [4.78, 5) is 4.38. The fourth-order valence-corrected chi connectivity index (χ4v) is 3.26. The van der Waals surface area contributed by atoms with E-state index in [4.69, 9.17) is 9.68 Å². The summed E-state index contributed by atoms with van der Waals surface area (Å²) in [5.41, 5.74) is 2.38. The monoisotopic (exact) mass is 325 g/mol. The number of hydrogen-bond acceptors (Lipinski definition) is 5. The fraction of sp³-hybridized carbons (Fsp3) is 0.176. The van der Waals surface area contributed by atoms with Gasteiger partial charge in [0.2, 0.25) is 0 Å². The number of nitriles is 1. The molecule has 0 aliphatic heterocycles. The molecule has 0 saturated carbocycles. The molecule has 0 saturated heterocycles. The van der Waals surface area contributed by atoms with Crippen molar-refractivity contribution in [3.05, 3.63) is 71.4 Å². The van der Waals surface area contributed by atoms with Crippen LogP contribution in [0.5, 0.6) is 0 Å². The van der Waals surface area contributed by atoms with Crippen LogP contribution in [0.3, 0.4) is 0 Å². The van der Waals surface area contributed by atoms with E-state index in [-0.39, 0.29) is 6.61 Å². The van der Waals surface area contributed by atoms with E-state index in [0.29, 0.717) is 17.9 Å².